The first kappa shape index (κ1) is 20.5. The predicted octanol–water partition coefficient (Wildman–Crippen LogP) is 4.32. The standard InChI is InChI=1S/C20H25ClFNO3/c1-3-16(12-24)23-11-14-9-17(21)20(19(10-14)25-4-2)26-13-15-7-5-6-8-18(15)22/h5-10,16,23-24H,3-4,11-13H2,1-2H3/t16-/m1/s1. The molecule has 1 atom stereocenters. The van der Waals surface area contributed by atoms with E-state index >= 15 is 0 Å². The monoisotopic (exact) mass is 381 g/mol. The molecule has 142 valence electrons. The topological polar surface area (TPSA) is 50.7 Å². The van der Waals surface area contributed by atoms with Crippen molar-refractivity contribution in [2.75, 3.05) is 13.2 Å². The normalized spacial score (nSPS) is 12.0. The molecule has 0 aromatic heterocycles. The van der Waals surface area contributed by atoms with Crippen LogP contribution in [0, 0.1) is 5.82 Å². The Bertz CT molecular complexity index is 707. The first-order valence-electron chi connectivity index (χ1n) is 8.74. The summed E-state index contributed by atoms with van der Waals surface area (Å²) in [7, 11) is 0. The van der Waals surface area contributed by atoms with Gasteiger partial charge in [0.2, 0.25) is 0 Å². The summed E-state index contributed by atoms with van der Waals surface area (Å²) < 4.78 is 25.2. The highest BCUT2D eigenvalue weighted by Gasteiger charge is 2.14. The first-order valence-corrected chi connectivity index (χ1v) is 9.12. The van der Waals surface area contributed by atoms with Crippen molar-refractivity contribution in [3.05, 3.63) is 58.4 Å². The van der Waals surface area contributed by atoms with Gasteiger partial charge < -0.3 is 19.9 Å². The summed E-state index contributed by atoms with van der Waals surface area (Å²) in [5.41, 5.74) is 1.37. The number of aliphatic hydroxyl groups is 1. The SMILES string of the molecule is CCOc1cc(CN[C@H](CC)CO)cc(Cl)c1OCc1ccccc1F. The molecule has 0 unspecified atom stereocenters. The molecular formula is C20H25ClFNO3. The summed E-state index contributed by atoms with van der Waals surface area (Å²) in [5, 5.41) is 12.9. The van der Waals surface area contributed by atoms with E-state index in [9.17, 15) is 9.50 Å². The molecule has 6 heteroatoms. The van der Waals surface area contributed by atoms with Crippen LogP contribution in [0.4, 0.5) is 4.39 Å². The Kier molecular flexibility index (Phi) is 8.16. The van der Waals surface area contributed by atoms with Gasteiger partial charge in [-0.3, -0.25) is 0 Å². The van der Waals surface area contributed by atoms with Gasteiger partial charge in [0, 0.05) is 18.2 Å². The quantitative estimate of drug-likeness (QED) is 0.643. The van der Waals surface area contributed by atoms with Crippen molar-refractivity contribution in [1.82, 2.24) is 5.32 Å². The molecule has 0 aliphatic carbocycles. The number of benzene rings is 2. The summed E-state index contributed by atoms with van der Waals surface area (Å²) in [4.78, 5) is 0. The molecule has 0 amide bonds. The Morgan fingerprint density at radius 1 is 1.19 bits per heavy atom. The molecule has 2 aromatic rings. The van der Waals surface area contributed by atoms with E-state index in [0.717, 1.165) is 12.0 Å². The van der Waals surface area contributed by atoms with Crippen LogP contribution in [0.3, 0.4) is 0 Å². The molecule has 0 aliphatic rings. The Morgan fingerprint density at radius 3 is 2.62 bits per heavy atom. The van der Waals surface area contributed by atoms with Gasteiger partial charge in [0.25, 0.3) is 0 Å². The number of ether oxygens (including phenoxy) is 2. The van der Waals surface area contributed by atoms with Gasteiger partial charge in [0.05, 0.1) is 18.2 Å². The number of rotatable bonds is 10. The minimum atomic E-state index is -0.322. The lowest BCUT2D eigenvalue weighted by molar-refractivity contribution is 0.238. The van der Waals surface area contributed by atoms with Gasteiger partial charge in [-0.15, -0.1) is 0 Å². The Balaban J connectivity index is 2.16. The van der Waals surface area contributed by atoms with Crippen molar-refractivity contribution in [3.63, 3.8) is 0 Å². The molecule has 2 N–H and O–H groups in total. The third-order valence-electron chi connectivity index (χ3n) is 4.01. The minimum Gasteiger partial charge on any atom is -0.490 e. The van der Waals surface area contributed by atoms with Crippen molar-refractivity contribution in [3.8, 4) is 11.5 Å². The van der Waals surface area contributed by atoms with E-state index in [-0.39, 0.29) is 25.1 Å². The highest BCUT2D eigenvalue weighted by atomic mass is 35.5. The van der Waals surface area contributed by atoms with E-state index in [1.54, 1.807) is 24.3 Å². The number of hydrogen-bond acceptors (Lipinski definition) is 4. The van der Waals surface area contributed by atoms with Crippen molar-refractivity contribution in [1.29, 1.82) is 0 Å². The van der Waals surface area contributed by atoms with E-state index in [1.807, 2.05) is 19.9 Å². The second-order valence-corrected chi connectivity index (χ2v) is 6.29. The number of hydrogen-bond donors (Lipinski definition) is 2. The van der Waals surface area contributed by atoms with Crippen LogP contribution in [0.25, 0.3) is 0 Å². The fraction of sp³-hybridized carbons (Fsp3) is 0.400. The van der Waals surface area contributed by atoms with Crippen LogP contribution in [0.15, 0.2) is 36.4 Å². The highest BCUT2D eigenvalue weighted by Crippen LogP contribution is 2.37. The lowest BCUT2D eigenvalue weighted by Crippen LogP contribution is -2.31. The minimum absolute atomic E-state index is 0.0290. The van der Waals surface area contributed by atoms with Crippen LogP contribution in [0.1, 0.15) is 31.4 Å². The molecular weight excluding hydrogens is 357 g/mol. The molecule has 26 heavy (non-hydrogen) atoms. The van der Waals surface area contributed by atoms with Gasteiger partial charge in [-0.2, -0.15) is 0 Å². The van der Waals surface area contributed by atoms with E-state index < -0.39 is 0 Å². The van der Waals surface area contributed by atoms with Gasteiger partial charge in [0.1, 0.15) is 12.4 Å². The lowest BCUT2D eigenvalue weighted by atomic mass is 10.1. The van der Waals surface area contributed by atoms with Gasteiger partial charge in [0.15, 0.2) is 11.5 Å². The summed E-state index contributed by atoms with van der Waals surface area (Å²) in [5.74, 6) is 0.594. The van der Waals surface area contributed by atoms with E-state index in [2.05, 4.69) is 5.32 Å². The van der Waals surface area contributed by atoms with E-state index in [4.69, 9.17) is 21.1 Å². The van der Waals surface area contributed by atoms with Crippen LogP contribution in [0.2, 0.25) is 5.02 Å². The van der Waals surface area contributed by atoms with Gasteiger partial charge in [-0.25, -0.2) is 4.39 Å². The average molecular weight is 382 g/mol. The smallest absolute Gasteiger partial charge is 0.180 e. The largest absolute Gasteiger partial charge is 0.490 e. The average Bonchev–Trinajstić information content (AvgIpc) is 2.63. The molecule has 0 spiro atoms. The van der Waals surface area contributed by atoms with Crippen LogP contribution in [-0.2, 0) is 13.2 Å². The zero-order valence-electron chi connectivity index (χ0n) is 15.1. The highest BCUT2D eigenvalue weighted by molar-refractivity contribution is 6.32. The van der Waals surface area contributed by atoms with Crippen LogP contribution < -0.4 is 14.8 Å². The summed E-state index contributed by atoms with van der Waals surface area (Å²) in [6.45, 7) is 5.02. The molecule has 0 saturated heterocycles. The molecule has 0 fully saturated rings. The lowest BCUT2D eigenvalue weighted by Gasteiger charge is -2.17. The number of aliphatic hydroxyl groups excluding tert-OH is 1. The van der Waals surface area contributed by atoms with Crippen molar-refractivity contribution in [2.24, 2.45) is 0 Å². The molecule has 0 bridgehead atoms. The zero-order chi connectivity index (χ0) is 18.9. The van der Waals surface area contributed by atoms with E-state index in [1.165, 1.54) is 6.07 Å². The zero-order valence-corrected chi connectivity index (χ0v) is 15.9. The molecule has 2 aromatic carbocycles. The Hall–Kier alpha value is -1.82. The third kappa shape index (κ3) is 5.59. The fourth-order valence-electron chi connectivity index (χ4n) is 2.49. The van der Waals surface area contributed by atoms with Crippen LogP contribution in [-0.4, -0.2) is 24.4 Å². The second kappa shape index (κ2) is 10.4. The second-order valence-electron chi connectivity index (χ2n) is 5.89. The number of halogens is 2. The maximum atomic E-state index is 13.8. The molecule has 0 heterocycles. The third-order valence-corrected chi connectivity index (χ3v) is 4.29. The van der Waals surface area contributed by atoms with Crippen LogP contribution >= 0.6 is 11.6 Å². The summed E-state index contributed by atoms with van der Waals surface area (Å²) in [6.07, 6.45) is 0.826. The summed E-state index contributed by atoms with van der Waals surface area (Å²) in [6, 6.07) is 10.1. The van der Waals surface area contributed by atoms with Crippen molar-refractivity contribution < 1.29 is 19.0 Å². The summed E-state index contributed by atoms with van der Waals surface area (Å²) >= 11 is 6.38. The van der Waals surface area contributed by atoms with Gasteiger partial charge in [-0.1, -0.05) is 36.7 Å². The fourth-order valence-corrected chi connectivity index (χ4v) is 2.78. The molecule has 0 saturated carbocycles. The first-order chi connectivity index (χ1) is 12.6. The maximum absolute atomic E-state index is 13.8. The van der Waals surface area contributed by atoms with Crippen LogP contribution in [0.5, 0.6) is 11.5 Å². The molecule has 4 nitrogen and oxygen atoms in total. The Labute approximate surface area is 158 Å². The molecule has 2 rings (SSSR count). The van der Waals surface area contributed by atoms with Crippen molar-refractivity contribution >= 4 is 11.6 Å². The van der Waals surface area contributed by atoms with Crippen molar-refractivity contribution in [2.45, 2.75) is 39.5 Å². The molecule has 0 radical (unpaired) electrons. The Morgan fingerprint density at radius 2 is 1.96 bits per heavy atom. The maximum Gasteiger partial charge on any atom is 0.180 e. The predicted molar refractivity (Wildman–Crippen MR) is 101 cm³/mol. The van der Waals surface area contributed by atoms with Gasteiger partial charge in [-0.05, 0) is 37.1 Å². The number of nitrogens with one attached hydrogen (secondary N) is 1. The van der Waals surface area contributed by atoms with Gasteiger partial charge >= 0.3 is 0 Å². The van der Waals surface area contributed by atoms with E-state index in [0.29, 0.717) is 35.2 Å². The molecule has 0 aliphatic heterocycles.